The highest BCUT2D eigenvalue weighted by molar-refractivity contribution is 5.95. The van der Waals surface area contributed by atoms with Crippen molar-refractivity contribution in [3.05, 3.63) is 33.9 Å². The van der Waals surface area contributed by atoms with Gasteiger partial charge in [-0.05, 0) is 24.1 Å². The molecule has 0 radical (unpaired) electrons. The smallest absolute Gasteiger partial charge is 0.311 e. The molecular formula is C14H21N3O4. The number of hydrogen-bond donors (Lipinski definition) is 1. The van der Waals surface area contributed by atoms with Gasteiger partial charge in [0.1, 0.15) is 0 Å². The third-order valence-electron chi connectivity index (χ3n) is 3.19. The molecular weight excluding hydrogens is 274 g/mol. The summed E-state index contributed by atoms with van der Waals surface area (Å²) in [5, 5.41) is 11.0. The van der Waals surface area contributed by atoms with E-state index in [2.05, 4.69) is 0 Å². The van der Waals surface area contributed by atoms with Crippen LogP contribution in [0.25, 0.3) is 0 Å². The second-order valence-electron chi connectivity index (χ2n) is 5.67. The number of amides is 1. The largest absolute Gasteiger partial charge is 0.490 e. The van der Waals surface area contributed by atoms with Crippen LogP contribution < -0.4 is 10.5 Å². The lowest BCUT2D eigenvalue weighted by atomic mass is 9.93. The third-order valence-corrected chi connectivity index (χ3v) is 3.19. The molecule has 21 heavy (non-hydrogen) atoms. The molecule has 0 aromatic heterocycles. The predicted octanol–water partition coefficient (Wildman–Crippen LogP) is 1.66. The van der Waals surface area contributed by atoms with E-state index in [1.54, 1.807) is 7.05 Å². The van der Waals surface area contributed by atoms with E-state index in [1.165, 1.54) is 30.2 Å². The van der Waals surface area contributed by atoms with E-state index in [1.807, 2.05) is 13.8 Å². The van der Waals surface area contributed by atoms with Crippen LogP contribution in [0.4, 0.5) is 5.69 Å². The van der Waals surface area contributed by atoms with E-state index < -0.39 is 4.92 Å². The Balaban J connectivity index is 3.03. The maximum absolute atomic E-state index is 12.3. The first-order chi connectivity index (χ1) is 9.71. The second-order valence-corrected chi connectivity index (χ2v) is 5.67. The molecule has 0 fully saturated rings. The molecule has 0 atom stereocenters. The summed E-state index contributed by atoms with van der Waals surface area (Å²) in [5.41, 5.74) is 5.45. The van der Waals surface area contributed by atoms with Gasteiger partial charge in [0.15, 0.2) is 5.75 Å². The highest BCUT2D eigenvalue weighted by atomic mass is 16.6. The van der Waals surface area contributed by atoms with Crippen LogP contribution >= 0.6 is 0 Å². The minimum Gasteiger partial charge on any atom is -0.490 e. The molecule has 0 aliphatic carbocycles. The Morgan fingerprint density at radius 3 is 2.57 bits per heavy atom. The number of nitro groups is 1. The first-order valence-corrected chi connectivity index (χ1v) is 6.50. The summed E-state index contributed by atoms with van der Waals surface area (Å²) < 4.78 is 4.92. The predicted molar refractivity (Wildman–Crippen MR) is 79.4 cm³/mol. The maximum Gasteiger partial charge on any atom is 0.311 e. The Morgan fingerprint density at radius 1 is 1.48 bits per heavy atom. The van der Waals surface area contributed by atoms with Crippen LogP contribution in [0.2, 0.25) is 0 Å². The van der Waals surface area contributed by atoms with Crippen molar-refractivity contribution in [2.75, 3.05) is 27.2 Å². The van der Waals surface area contributed by atoms with Gasteiger partial charge in [-0.25, -0.2) is 0 Å². The van der Waals surface area contributed by atoms with Crippen molar-refractivity contribution in [2.45, 2.75) is 13.8 Å². The summed E-state index contributed by atoms with van der Waals surface area (Å²) in [6.45, 7) is 4.80. The zero-order valence-electron chi connectivity index (χ0n) is 12.8. The molecule has 0 heterocycles. The van der Waals surface area contributed by atoms with E-state index in [4.69, 9.17) is 10.5 Å². The number of rotatable bonds is 6. The molecule has 0 saturated heterocycles. The molecule has 0 spiro atoms. The van der Waals surface area contributed by atoms with Crippen LogP contribution in [0.5, 0.6) is 5.75 Å². The van der Waals surface area contributed by atoms with E-state index in [9.17, 15) is 14.9 Å². The lowest BCUT2D eigenvalue weighted by molar-refractivity contribution is -0.385. The molecule has 0 bridgehead atoms. The van der Waals surface area contributed by atoms with Crippen LogP contribution in [0.15, 0.2) is 18.2 Å². The fourth-order valence-corrected chi connectivity index (χ4v) is 1.96. The maximum atomic E-state index is 12.3. The summed E-state index contributed by atoms with van der Waals surface area (Å²) in [6.07, 6.45) is 0. The minimum atomic E-state index is -0.570. The van der Waals surface area contributed by atoms with E-state index in [0.29, 0.717) is 13.1 Å². The van der Waals surface area contributed by atoms with Gasteiger partial charge in [-0.1, -0.05) is 13.8 Å². The van der Waals surface area contributed by atoms with Gasteiger partial charge in [0.2, 0.25) is 0 Å². The lowest BCUT2D eigenvalue weighted by Crippen LogP contribution is -2.39. The fraction of sp³-hybridized carbons (Fsp3) is 0.500. The Labute approximate surface area is 123 Å². The number of methoxy groups -OCH3 is 1. The Hall–Kier alpha value is -2.15. The molecule has 0 aliphatic rings. The summed E-state index contributed by atoms with van der Waals surface area (Å²) in [4.78, 5) is 24.3. The SMILES string of the molecule is COc1ccc(C(=O)N(C)CC(C)(C)CN)cc1[N+](=O)[O-]. The topological polar surface area (TPSA) is 98.7 Å². The van der Waals surface area contributed by atoms with Crippen molar-refractivity contribution in [1.82, 2.24) is 4.90 Å². The number of ether oxygens (including phenoxy) is 1. The zero-order chi connectivity index (χ0) is 16.2. The van der Waals surface area contributed by atoms with Crippen molar-refractivity contribution in [2.24, 2.45) is 11.1 Å². The summed E-state index contributed by atoms with van der Waals surface area (Å²) in [6, 6.07) is 4.17. The fourth-order valence-electron chi connectivity index (χ4n) is 1.96. The van der Waals surface area contributed by atoms with Crippen molar-refractivity contribution in [3.8, 4) is 5.75 Å². The first-order valence-electron chi connectivity index (χ1n) is 6.50. The van der Waals surface area contributed by atoms with Crippen LogP contribution in [0, 0.1) is 15.5 Å². The molecule has 1 aromatic rings. The quantitative estimate of drug-likeness (QED) is 0.635. The number of hydrogen-bond acceptors (Lipinski definition) is 5. The Morgan fingerprint density at radius 2 is 2.10 bits per heavy atom. The van der Waals surface area contributed by atoms with E-state index in [-0.39, 0.29) is 28.3 Å². The third kappa shape index (κ3) is 4.16. The normalized spacial score (nSPS) is 11.1. The summed E-state index contributed by atoms with van der Waals surface area (Å²) in [7, 11) is 3.00. The first kappa shape index (κ1) is 16.9. The average Bonchev–Trinajstić information content (AvgIpc) is 2.45. The monoisotopic (exact) mass is 295 g/mol. The molecule has 116 valence electrons. The van der Waals surface area contributed by atoms with Gasteiger partial charge >= 0.3 is 5.69 Å². The van der Waals surface area contributed by atoms with Crippen LogP contribution in [0.1, 0.15) is 24.2 Å². The molecule has 0 aliphatic heterocycles. The second kappa shape index (κ2) is 6.53. The number of nitro benzene ring substituents is 1. The minimum absolute atomic E-state index is 0.126. The van der Waals surface area contributed by atoms with Gasteiger partial charge < -0.3 is 15.4 Å². The zero-order valence-corrected chi connectivity index (χ0v) is 12.8. The summed E-state index contributed by atoms with van der Waals surface area (Å²) >= 11 is 0. The molecule has 2 N–H and O–H groups in total. The van der Waals surface area contributed by atoms with Crippen LogP contribution in [0.3, 0.4) is 0 Å². The molecule has 0 unspecified atom stereocenters. The number of carbonyl (C=O) groups excluding carboxylic acids is 1. The average molecular weight is 295 g/mol. The van der Waals surface area contributed by atoms with E-state index >= 15 is 0 Å². The van der Waals surface area contributed by atoms with Gasteiger partial charge in [-0.3, -0.25) is 14.9 Å². The highest BCUT2D eigenvalue weighted by Crippen LogP contribution is 2.28. The molecule has 7 nitrogen and oxygen atoms in total. The highest BCUT2D eigenvalue weighted by Gasteiger charge is 2.24. The standard InChI is InChI=1S/C14H21N3O4/c1-14(2,8-15)9-16(3)13(18)10-5-6-12(21-4)11(7-10)17(19)20/h5-7H,8-9,15H2,1-4H3. The molecule has 7 heteroatoms. The van der Waals surface area contributed by atoms with E-state index in [0.717, 1.165) is 0 Å². The Bertz CT molecular complexity index is 543. The van der Waals surface area contributed by atoms with Crippen molar-refractivity contribution < 1.29 is 14.5 Å². The lowest BCUT2D eigenvalue weighted by Gasteiger charge is -2.29. The Kier molecular flexibility index (Phi) is 5.26. The summed E-state index contributed by atoms with van der Waals surface area (Å²) in [5.74, 6) is -0.163. The van der Waals surface area contributed by atoms with Crippen molar-refractivity contribution in [3.63, 3.8) is 0 Å². The van der Waals surface area contributed by atoms with Gasteiger partial charge in [-0.15, -0.1) is 0 Å². The van der Waals surface area contributed by atoms with Gasteiger partial charge in [-0.2, -0.15) is 0 Å². The van der Waals surface area contributed by atoms with Gasteiger partial charge in [0.05, 0.1) is 12.0 Å². The van der Waals surface area contributed by atoms with Gasteiger partial charge in [0, 0.05) is 25.2 Å². The molecule has 0 saturated carbocycles. The number of nitrogens with two attached hydrogens (primary N) is 1. The van der Waals surface area contributed by atoms with Gasteiger partial charge in [0.25, 0.3) is 5.91 Å². The van der Waals surface area contributed by atoms with Crippen LogP contribution in [-0.4, -0.2) is 43.0 Å². The number of nitrogens with zero attached hydrogens (tertiary/aromatic N) is 2. The number of carbonyl (C=O) groups is 1. The van der Waals surface area contributed by atoms with Crippen molar-refractivity contribution >= 4 is 11.6 Å². The van der Waals surface area contributed by atoms with Crippen LogP contribution in [-0.2, 0) is 0 Å². The molecule has 1 rings (SSSR count). The molecule has 1 aromatic carbocycles. The number of benzene rings is 1. The van der Waals surface area contributed by atoms with Crippen molar-refractivity contribution in [1.29, 1.82) is 0 Å². The molecule has 1 amide bonds.